The van der Waals surface area contributed by atoms with Gasteiger partial charge in [-0.25, -0.2) is 4.79 Å². The summed E-state index contributed by atoms with van der Waals surface area (Å²) in [6.45, 7) is 14.1. The maximum atomic E-state index is 11.7. The lowest BCUT2D eigenvalue weighted by Gasteiger charge is -2.42. The van der Waals surface area contributed by atoms with Gasteiger partial charge in [-0.05, 0) is 76.0 Å². The monoisotopic (exact) mass is 404 g/mol. The zero-order valence-electron chi connectivity index (χ0n) is 19.6. The van der Waals surface area contributed by atoms with Crippen molar-refractivity contribution in [2.24, 2.45) is 5.92 Å². The van der Waals surface area contributed by atoms with E-state index in [4.69, 9.17) is 4.74 Å². The second-order valence-corrected chi connectivity index (χ2v) is 10.4. The number of benzene rings is 2. The third-order valence-corrected chi connectivity index (χ3v) is 6.53. The molecule has 0 bridgehead atoms. The Morgan fingerprint density at radius 2 is 1.53 bits per heavy atom. The Hall–Kier alpha value is -2.35. The minimum absolute atomic E-state index is 0.200. The molecule has 0 unspecified atom stereocenters. The molecule has 0 saturated carbocycles. The SMILES string of the molecule is COC(=O)c1ccc(/C=C/c2cc3c(cc2CC(C)C)C(C)(C)CCC3(C)C)cc1. The summed E-state index contributed by atoms with van der Waals surface area (Å²) in [5.74, 6) is 0.304. The van der Waals surface area contributed by atoms with Gasteiger partial charge in [0.2, 0.25) is 0 Å². The van der Waals surface area contributed by atoms with Crippen LogP contribution < -0.4 is 0 Å². The Morgan fingerprint density at radius 3 is 2.07 bits per heavy atom. The first-order valence-corrected chi connectivity index (χ1v) is 11.1. The van der Waals surface area contributed by atoms with E-state index in [1.807, 2.05) is 24.3 Å². The predicted molar refractivity (Wildman–Crippen MR) is 127 cm³/mol. The Balaban J connectivity index is 2.02. The zero-order chi connectivity index (χ0) is 22.1. The number of carbonyl (C=O) groups excluding carboxylic acids is 1. The van der Waals surface area contributed by atoms with Gasteiger partial charge in [-0.3, -0.25) is 0 Å². The third-order valence-electron chi connectivity index (χ3n) is 6.53. The van der Waals surface area contributed by atoms with Crippen LogP contribution in [-0.2, 0) is 22.0 Å². The van der Waals surface area contributed by atoms with Crippen LogP contribution in [0.2, 0.25) is 0 Å². The van der Waals surface area contributed by atoms with Crippen molar-refractivity contribution in [2.45, 2.75) is 71.6 Å². The van der Waals surface area contributed by atoms with E-state index < -0.39 is 0 Å². The summed E-state index contributed by atoms with van der Waals surface area (Å²) in [5.41, 5.74) is 7.83. The first-order valence-electron chi connectivity index (χ1n) is 11.1. The summed E-state index contributed by atoms with van der Waals surface area (Å²) in [4.78, 5) is 11.7. The van der Waals surface area contributed by atoms with Crippen molar-refractivity contribution in [2.75, 3.05) is 7.11 Å². The van der Waals surface area contributed by atoms with E-state index in [2.05, 4.69) is 65.8 Å². The molecule has 30 heavy (non-hydrogen) atoms. The van der Waals surface area contributed by atoms with Crippen molar-refractivity contribution >= 4 is 18.1 Å². The lowest BCUT2D eigenvalue weighted by Crippen LogP contribution is -2.34. The van der Waals surface area contributed by atoms with Crippen molar-refractivity contribution in [3.05, 3.63) is 69.8 Å². The molecule has 0 heterocycles. The van der Waals surface area contributed by atoms with E-state index in [0.717, 1.165) is 12.0 Å². The van der Waals surface area contributed by atoms with Crippen LogP contribution >= 0.6 is 0 Å². The molecule has 0 atom stereocenters. The van der Waals surface area contributed by atoms with E-state index in [-0.39, 0.29) is 16.8 Å². The first-order chi connectivity index (χ1) is 14.0. The second kappa shape index (κ2) is 8.41. The van der Waals surface area contributed by atoms with Gasteiger partial charge in [0.15, 0.2) is 0 Å². The van der Waals surface area contributed by atoms with Crippen molar-refractivity contribution in [1.29, 1.82) is 0 Å². The van der Waals surface area contributed by atoms with Gasteiger partial charge in [-0.2, -0.15) is 0 Å². The van der Waals surface area contributed by atoms with Crippen molar-refractivity contribution in [3.8, 4) is 0 Å². The first kappa shape index (κ1) is 22.3. The summed E-state index contributed by atoms with van der Waals surface area (Å²) >= 11 is 0. The van der Waals surface area contributed by atoms with Crippen LogP contribution in [0.3, 0.4) is 0 Å². The number of hydrogen-bond acceptors (Lipinski definition) is 2. The van der Waals surface area contributed by atoms with Crippen LogP contribution in [0.4, 0.5) is 0 Å². The molecule has 0 amide bonds. The number of rotatable bonds is 5. The van der Waals surface area contributed by atoms with Gasteiger partial charge < -0.3 is 4.74 Å². The number of hydrogen-bond donors (Lipinski definition) is 0. The molecular weight excluding hydrogens is 368 g/mol. The molecule has 0 fully saturated rings. The van der Waals surface area contributed by atoms with Gasteiger partial charge in [0.05, 0.1) is 12.7 Å². The van der Waals surface area contributed by atoms with Crippen LogP contribution in [0.1, 0.15) is 92.6 Å². The summed E-state index contributed by atoms with van der Waals surface area (Å²) in [5, 5.41) is 0. The van der Waals surface area contributed by atoms with Crippen LogP contribution in [0.15, 0.2) is 36.4 Å². The third kappa shape index (κ3) is 4.69. The highest BCUT2D eigenvalue weighted by Gasteiger charge is 2.37. The maximum Gasteiger partial charge on any atom is 0.337 e. The van der Waals surface area contributed by atoms with E-state index >= 15 is 0 Å². The van der Waals surface area contributed by atoms with Crippen LogP contribution in [0.5, 0.6) is 0 Å². The van der Waals surface area contributed by atoms with Crippen LogP contribution in [0.25, 0.3) is 12.2 Å². The summed E-state index contributed by atoms with van der Waals surface area (Å²) in [6, 6.07) is 12.5. The molecular formula is C28H36O2. The van der Waals surface area contributed by atoms with E-state index in [1.165, 1.54) is 42.2 Å². The molecule has 0 radical (unpaired) electrons. The molecule has 0 saturated heterocycles. The highest BCUT2D eigenvalue weighted by atomic mass is 16.5. The van der Waals surface area contributed by atoms with Crippen LogP contribution in [-0.4, -0.2) is 13.1 Å². The maximum absolute atomic E-state index is 11.7. The average molecular weight is 405 g/mol. The fourth-order valence-electron chi connectivity index (χ4n) is 4.48. The summed E-state index contributed by atoms with van der Waals surface area (Å²) in [7, 11) is 1.41. The van der Waals surface area contributed by atoms with E-state index in [0.29, 0.717) is 11.5 Å². The highest BCUT2D eigenvalue weighted by molar-refractivity contribution is 5.89. The Morgan fingerprint density at radius 1 is 0.967 bits per heavy atom. The fraction of sp³-hybridized carbons (Fsp3) is 0.464. The number of carbonyl (C=O) groups is 1. The molecule has 2 heteroatoms. The fourth-order valence-corrected chi connectivity index (χ4v) is 4.48. The smallest absolute Gasteiger partial charge is 0.337 e. The van der Waals surface area contributed by atoms with Gasteiger partial charge in [-0.15, -0.1) is 0 Å². The summed E-state index contributed by atoms with van der Waals surface area (Å²) < 4.78 is 4.79. The molecule has 2 aromatic rings. The normalized spacial score (nSPS) is 17.2. The van der Waals surface area contributed by atoms with Gasteiger partial charge in [0.1, 0.15) is 0 Å². The number of methoxy groups -OCH3 is 1. The summed E-state index contributed by atoms with van der Waals surface area (Å²) in [6.07, 6.45) is 7.91. The molecule has 0 spiro atoms. The van der Waals surface area contributed by atoms with Gasteiger partial charge in [0, 0.05) is 0 Å². The quantitative estimate of drug-likeness (QED) is 0.389. The lowest BCUT2D eigenvalue weighted by molar-refractivity contribution is 0.0600. The van der Waals surface area contributed by atoms with Crippen molar-refractivity contribution < 1.29 is 9.53 Å². The topological polar surface area (TPSA) is 26.3 Å². The molecule has 0 aromatic heterocycles. The second-order valence-electron chi connectivity index (χ2n) is 10.4. The molecule has 3 rings (SSSR count). The van der Waals surface area contributed by atoms with E-state index in [1.54, 1.807) is 0 Å². The molecule has 1 aliphatic rings. The predicted octanol–water partition coefficient (Wildman–Crippen LogP) is 7.19. The molecule has 160 valence electrons. The minimum Gasteiger partial charge on any atom is -0.465 e. The van der Waals surface area contributed by atoms with Crippen LogP contribution in [0, 0.1) is 5.92 Å². The zero-order valence-corrected chi connectivity index (χ0v) is 19.6. The standard InChI is InChI=1S/C28H36O2/c1-19(2)16-23-18-25-24(27(3,4)14-15-28(25,5)6)17-22(23)13-10-20-8-11-21(12-9-20)26(29)30-7/h8-13,17-19H,14-16H2,1-7H3/b13-10+. The minimum atomic E-state index is -0.302. The Kier molecular flexibility index (Phi) is 6.26. The molecule has 0 N–H and O–H groups in total. The highest BCUT2D eigenvalue weighted by Crippen LogP contribution is 2.47. The number of ether oxygens (including phenoxy) is 1. The number of fused-ring (bicyclic) bond motifs is 1. The van der Waals surface area contributed by atoms with Crippen molar-refractivity contribution in [3.63, 3.8) is 0 Å². The molecule has 2 nitrogen and oxygen atoms in total. The number of esters is 1. The van der Waals surface area contributed by atoms with Gasteiger partial charge in [-0.1, -0.05) is 78.0 Å². The Bertz CT molecular complexity index is 943. The van der Waals surface area contributed by atoms with Gasteiger partial charge >= 0.3 is 5.97 Å². The molecule has 1 aliphatic carbocycles. The van der Waals surface area contributed by atoms with E-state index in [9.17, 15) is 4.79 Å². The molecule has 2 aromatic carbocycles. The lowest BCUT2D eigenvalue weighted by atomic mass is 9.62. The Labute approximate surface area is 182 Å². The largest absolute Gasteiger partial charge is 0.465 e. The van der Waals surface area contributed by atoms with Gasteiger partial charge in [0.25, 0.3) is 0 Å². The average Bonchev–Trinajstić information content (AvgIpc) is 2.69. The van der Waals surface area contributed by atoms with Crippen molar-refractivity contribution in [1.82, 2.24) is 0 Å². The molecule has 0 aliphatic heterocycles.